The Labute approximate surface area is 120 Å². The number of hydrogen-bond donors (Lipinski definition) is 2. The quantitative estimate of drug-likeness (QED) is 0.798. The molecular formula is C15H26N2O3. The van der Waals surface area contributed by atoms with Crippen molar-refractivity contribution in [1.29, 1.82) is 0 Å². The van der Waals surface area contributed by atoms with Gasteiger partial charge in [-0.05, 0) is 38.3 Å². The lowest BCUT2D eigenvalue weighted by molar-refractivity contribution is -0.140. The van der Waals surface area contributed by atoms with Crippen LogP contribution in [0.4, 0.5) is 0 Å². The summed E-state index contributed by atoms with van der Waals surface area (Å²) in [6.45, 7) is 8.64. The number of likely N-dealkylation sites (tertiary alicyclic amines) is 1. The molecule has 3 atom stereocenters. The molecule has 2 N–H and O–H groups in total. The van der Waals surface area contributed by atoms with E-state index in [0.29, 0.717) is 12.6 Å². The number of aliphatic carboxylic acids is 1. The Morgan fingerprint density at radius 1 is 1.25 bits per heavy atom. The SMILES string of the molecule is CC(CNC(=O)C1C(C(=O)O)C1(C)C)N1CCCCC1. The standard InChI is InChI=1S/C15H26N2O3/c1-10(17-7-5-4-6-8-17)9-16-13(18)11-12(14(19)20)15(11,2)3/h10-12H,4-9H2,1-3H3,(H,16,18)(H,19,20). The highest BCUT2D eigenvalue weighted by Gasteiger charge is 2.65. The molecule has 1 amide bonds. The van der Waals surface area contributed by atoms with E-state index in [0.717, 1.165) is 13.1 Å². The third kappa shape index (κ3) is 2.97. The van der Waals surface area contributed by atoms with E-state index in [9.17, 15) is 9.59 Å². The van der Waals surface area contributed by atoms with E-state index in [2.05, 4.69) is 17.1 Å². The molecule has 1 saturated heterocycles. The van der Waals surface area contributed by atoms with Gasteiger partial charge >= 0.3 is 5.97 Å². The maximum Gasteiger partial charge on any atom is 0.307 e. The number of nitrogens with one attached hydrogen (secondary N) is 1. The predicted molar refractivity (Wildman–Crippen MR) is 76.3 cm³/mol. The zero-order chi connectivity index (χ0) is 14.9. The van der Waals surface area contributed by atoms with E-state index >= 15 is 0 Å². The van der Waals surface area contributed by atoms with Gasteiger partial charge in [0.2, 0.25) is 5.91 Å². The molecule has 2 rings (SSSR count). The summed E-state index contributed by atoms with van der Waals surface area (Å²) in [7, 11) is 0. The van der Waals surface area contributed by atoms with Gasteiger partial charge in [0, 0.05) is 12.6 Å². The van der Waals surface area contributed by atoms with Crippen molar-refractivity contribution in [3.05, 3.63) is 0 Å². The molecule has 0 aromatic rings. The Balaban J connectivity index is 1.79. The predicted octanol–water partition coefficient (Wildman–Crippen LogP) is 1.33. The molecule has 1 heterocycles. The number of amides is 1. The Bertz CT molecular complexity index is 389. The molecule has 2 aliphatic rings. The minimum absolute atomic E-state index is 0.105. The minimum Gasteiger partial charge on any atom is -0.481 e. The van der Waals surface area contributed by atoms with Gasteiger partial charge in [-0.3, -0.25) is 14.5 Å². The summed E-state index contributed by atoms with van der Waals surface area (Å²) in [4.78, 5) is 25.6. The lowest BCUT2D eigenvalue weighted by Crippen LogP contribution is -2.45. The van der Waals surface area contributed by atoms with Crippen LogP contribution in [0.5, 0.6) is 0 Å². The highest BCUT2D eigenvalue weighted by Crippen LogP contribution is 2.58. The molecule has 0 aromatic heterocycles. The zero-order valence-electron chi connectivity index (χ0n) is 12.7. The number of piperidine rings is 1. The molecule has 1 saturated carbocycles. The Morgan fingerprint density at radius 3 is 2.35 bits per heavy atom. The van der Waals surface area contributed by atoms with E-state index < -0.39 is 17.3 Å². The zero-order valence-corrected chi connectivity index (χ0v) is 12.7. The Kier molecular flexibility index (Phi) is 4.37. The summed E-state index contributed by atoms with van der Waals surface area (Å²) in [5.74, 6) is -1.88. The van der Waals surface area contributed by atoms with E-state index in [1.165, 1.54) is 19.3 Å². The normalized spacial score (nSPS) is 30.6. The number of carbonyl (C=O) groups is 2. The van der Waals surface area contributed by atoms with Gasteiger partial charge < -0.3 is 10.4 Å². The van der Waals surface area contributed by atoms with Crippen molar-refractivity contribution in [3.8, 4) is 0 Å². The molecule has 0 radical (unpaired) electrons. The largest absolute Gasteiger partial charge is 0.481 e. The summed E-state index contributed by atoms with van der Waals surface area (Å²) in [5.41, 5.74) is -0.412. The van der Waals surface area contributed by atoms with Crippen LogP contribution in [0.3, 0.4) is 0 Å². The number of carboxylic acids is 1. The second kappa shape index (κ2) is 5.72. The maximum absolute atomic E-state index is 12.1. The van der Waals surface area contributed by atoms with Crippen LogP contribution in [0.1, 0.15) is 40.0 Å². The van der Waals surface area contributed by atoms with Crippen molar-refractivity contribution in [3.63, 3.8) is 0 Å². The van der Waals surface area contributed by atoms with Crippen LogP contribution in [0.15, 0.2) is 0 Å². The number of rotatable bonds is 5. The lowest BCUT2D eigenvalue weighted by atomic mass is 10.1. The van der Waals surface area contributed by atoms with Crippen molar-refractivity contribution in [2.45, 2.75) is 46.1 Å². The van der Waals surface area contributed by atoms with Crippen LogP contribution in [-0.2, 0) is 9.59 Å². The molecule has 3 unspecified atom stereocenters. The monoisotopic (exact) mass is 282 g/mol. The molecule has 1 aliphatic heterocycles. The smallest absolute Gasteiger partial charge is 0.307 e. The van der Waals surface area contributed by atoms with Gasteiger partial charge in [0.05, 0.1) is 11.8 Å². The number of nitrogens with zero attached hydrogens (tertiary/aromatic N) is 1. The van der Waals surface area contributed by atoms with E-state index in [-0.39, 0.29) is 11.8 Å². The minimum atomic E-state index is -0.862. The second-order valence-electron chi connectivity index (χ2n) is 6.81. The highest BCUT2D eigenvalue weighted by molar-refractivity contribution is 5.91. The van der Waals surface area contributed by atoms with Gasteiger partial charge in [-0.2, -0.15) is 0 Å². The van der Waals surface area contributed by atoms with E-state index in [4.69, 9.17) is 5.11 Å². The van der Waals surface area contributed by atoms with Gasteiger partial charge in [0.25, 0.3) is 0 Å². The van der Waals surface area contributed by atoms with E-state index in [1.54, 1.807) is 0 Å². The molecule has 114 valence electrons. The Hall–Kier alpha value is -1.10. The summed E-state index contributed by atoms with van der Waals surface area (Å²) in [6, 6.07) is 0.324. The highest BCUT2D eigenvalue weighted by atomic mass is 16.4. The molecule has 0 bridgehead atoms. The topological polar surface area (TPSA) is 69.6 Å². The fraction of sp³-hybridized carbons (Fsp3) is 0.867. The molecule has 1 aliphatic carbocycles. The second-order valence-corrected chi connectivity index (χ2v) is 6.81. The van der Waals surface area contributed by atoms with Crippen LogP contribution in [0.25, 0.3) is 0 Å². The van der Waals surface area contributed by atoms with Crippen molar-refractivity contribution in [2.24, 2.45) is 17.3 Å². The molecule has 2 fully saturated rings. The fourth-order valence-corrected chi connectivity index (χ4v) is 3.43. The van der Waals surface area contributed by atoms with Crippen molar-refractivity contribution < 1.29 is 14.7 Å². The lowest BCUT2D eigenvalue weighted by Gasteiger charge is -2.32. The maximum atomic E-state index is 12.1. The number of hydrogen-bond acceptors (Lipinski definition) is 3. The third-order valence-corrected chi connectivity index (χ3v) is 4.96. The first kappa shape index (κ1) is 15.3. The van der Waals surface area contributed by atoms with Crippen LogP contribution in [-0.4, -0.2) is 47.6 Å². The summed E-state index contributed by atoms with van der Waals surface area (Å²) < 4.78 is 0. The molecule has 5 nitrogen and oxygen atoms in total. The molecule has 0 aromatic carbocycles. The first-order chi connectivity index (χ1) is 9.35. The van der Waals surface area contributed by atoms with Gasteiger partial charge in [0.15, 0.2) is 0 Å². The van der Waals surface area contributed by atoms with Crippen LogP contribution in [0.2, 0.25) is 0 Å². The third-order valence-electron chi connectivity index (χ3n) is 4.96. The summed E-state index contributed by atoms with van der Waals surface area (Å²) in [5, 5.41) is 12.0. The van der Waals surface area contributed by atoms with Crippen molar-refractivity contribution in [2.75, 3.05) is 19.6 Å². The molecular weight excluding hydrogens is 256 g/mol. The van der Waals surface area contributed by atoms with Crippen LogP contribution in [0, 0.1) is 17.3 Å². The van der Waals surface area contributed by atoms with Gasteiger partial charge in [-0.15, -0.1) is 0 Å². The Morgan fingerprint density at radius 2 is 1.85 bits per heavy atom. The van der Waals surface area contributed by atoms with Gasteiger partial charge in [-0.25, -0.2) is 0 Å². The van der Waals surface area contributed by atoms with Gasteiger partial charge in [0.1, 0.15) is 0 Å². The van der Waals surface area contributed by atoms with Crippen molar-refractivity contribution in [1.82, 2.24) is 10.2 Å². The molecule has 5 heteroatoms. The van der Waals surface area contributed by atoms with Crippen LogP contribution >= 0.6 is 0 Å². The van der Waals surface area contributed by atoms with Crippen molar-refractivity contribution >= 4 is 11.9 Å². The molecule has 0 spiro atoms. The molecule has 20 heavy (non-hydrogen) atoms. The first-order valence-corrected chi connectivity index (χ1v) is 7.60. The van der Waals surface area contributed by atoms with Gasteiger partial charge in [-0.1, -0.05) is 20.3 Å². The summed E-state index contributed by atoms with van der Waals surface area (Å²) in [6.07, 6.45) is 3.76. The first-order valence-electron chi connectivity index (χ1n) is 7.60. The van der Waals surface area contributed by atoms with E-state index in [1.807, 2.05) is 13.8 Å². The number of carbonyl (C=O) groups excluding carboxylic acids is 1. The summed E-state index contributed by atoms with van der Waals surface area (Å²) >= 11 is 0. The van der Waals surface area contributed by atoms with Crippen LogP contribution < -0.4 is 5.32 Å². The average molecular weight is 282 g/mol. The number of carboxylic acid groups (broad SMARTS) is 1. The average Bonchev–Trinajstić information content (AvgIpc) is 3.00. The fourth-order valence-electron chi connectivity index (χ4n) is 3.43.